The summed E-state index contributed by atoms with van der Waals surface area (Å²) in [5, 5.41) is 9.05. The maximum atomic E-state index is 12.4. The molecule has 0 bridgehead atoms. The molecule has 2 rings (SSSR count). The van der Waals surface area contributed by atoms with Crippen LogP contribution in [0.4, 0.5) is 4.79 Å². The Kier molecular flexibility index (Phi) is 4.49. The van der Waals surface area contributed by atoms with Gasteiger partial charge in [0.05, 0.1) is 17.6 Å². The van der Waals surface area contributed by atoms with Gasteiger partial charge in [-0.1, -0.05) is 6.07 Å². The van der Waals surface area contributed by atoms with Crippen molar-refractivity contribution >= 4 is 23.8 Å². The number of pyridine rings is 1. The molecule has 1 saturated heterocycles. The van der Waals surface area contributed by atoms with Crippen LogP contribution in [0, 0.1) is 0 Å². The highest BCUT2D eigenvalue weighted by Crippen LogP contribution is 2.29. The second kappa shape index (κ2) is 6.13. The summed E-state index contributed by atoms with van der Waals surface area (Å²) in [4.78, 5) is 30.7. The highest BCUT2D eigenvalue weighted by molar-refractivity contribution is 8.00. The molecule has 1 fully saturated rings. The number of hydrogen-bond donors (Lipinski definition) is 1. The molecule has 1 aliphatic heterocycles. The summed E-state index contributed by atoms with van der Waals surface area (Å²) in [5.74, 6) is -0.527. The van der Waals surface area contributed by atoms with Crippen molar-refractivity contribution in [1.29, 1.82) is 0 Å². The van der Waals surface area contributed by atoms with Crippen molar-refractivity contribution in [2.75, 3.05) is 12.8 Å². The summed E-state index contributed by atoms with van der Waals surface area (Å²) in [5.41, 5.74) is 0.773. The van der Waals surface area contributed by atoms with Crippen molar-refractivity contribution in [2.45, 2.75) is 24.9 Å². The van der Waals surface area contributed by atoms with Crippen LogP contribution in [0.25, 0.3) is 0 Å². The molecule has 1 aromatic rings. The third kappa shape index (κ3) is 3.04. The van der Waals surface area contributed by atoms with E-state index < -0.39 is 12.0 Å². The minimum Gasteiger partial charge on any atom is -0.480 e. The molecule has 1 aromatic heterocycles. The third-order valence-corrected chi connectivity index (χ3v) is 4.40. The van der Waals surface area contributed by atoms with E-state index in [4.69, 9.17) is 0 Å². The van der Waals surface area contributed by atoms with E-state index in [1.165, 1.54) is 21.6 Å². The number of amides is 2. The average molecular weight is 295 g/mol. The largest absolute Gasteiger partial charge is 0.480 e. The van der Waals surface area contributed by atoms with Crippen molar-refractivity contribution in [2.24, 2.45) is 0 Å². The molecule has 0 aromatic carbocycles. The zero-order valence-corrected chi connectivity index (χ0v) is 12.2. The molecule has 1 N–H and O–H groups in total. The number of carbonyl (C=O) groups is 2. The van der Waals surface area contributed by atoms with Crippen LogP contribution in [0.15, 0.2) is 24.4 Å². The summed E-state index contributed by atoms with van der Waals surface area (Å²) in [6.45, 7) is 2.21. The maximum absolute atomic E-state index is 12.4. The van der Waals surface area contributed by atoms with Crippen LogP contribution in [0.2, 0.25) is 0 Å². The van der Waals surface area contributed by atoms with Crippen molar-refractivity contribution < 1.29 is 14.7 Å². The van der Waals surface area contributed by atoms with Crippen LogP contribution in [0.1, 0.15) is 12.6 Å². The van der Waals surface area contributed by atoms with E-state index in [9.17, 15) is 14.7 Å². The fourth-order valence-electron chi connectivity index (χ4n) is 2.12. The molecular formula is C13H17N3O3S. The van der Waals surface area contributed by atoms with Gasteiger partial charge < -0.3 is 10.0 Å². The molecule has 0 radical (unpaired) electrons. The van der Waals surface area contributed by atoms with Gasteiger partial charge in [0.1, 0.15) is 6.04 Å². The van der Waals surface area contributed by atoms with Crippen molar-refractivity contribution in [3.8, 4) is 0 Å². The molecule has 1 aliphatic rings. The van der Waals surface area contributed by atoms with E-state index in [-0.39, 0.29) is 11.4 Å². The van der Waals surface area contributed by atoms with Crippen LogP contribution in [-0.2, 0) is 11.3 Å². The number of hydrogen-bond acceptors (Lipinski definition) is 4. The number of carboxylic acids is 1. The molecule has 2 unspecified atom stereocenters. The number of thioether (sulfide) groups is 1. The number of aliphatic carboxylic acids is 1. The van der Waals surface area contributed by atoms with Crippen molar-refractivity contribution in [3.05, 3.63) is 30.1 Å². The van der Waals surface area contributed by atoms with Gasteiger partial charge in [0.2, 0.25) is 0 Å². The van der Waals surface area contributed by atoms with Gasteiger partial charge in [0.15, 0.2) is 0 Å². The maximum Gasteiger partial charge on any atom is 0.327 e. The first-order chi connectivity index (χ1) is 9.50. The zero-order chi connectivity index (χ0) is 14.7. The molecule has 6 nitrogen and oxygen atoms in total. The van der Waals surface area contributed by atoms with Crippen LogP contribution in [-0.4, -0.2) is 56.1 Å². The number of carbonyl (C=O) groups excluding carboxylic acids is 1. The Hall–Kier alpha value is -1.76. The molecule has 0 aliphatic carbocycles. The highest BCUT2D eigenvalue weighted by atomic mass is 32.2. The predicted octanol–water partition coefficient (Wildman–Crippen LogP) is 1.48. The van der Waals surface area contributed by atoms with Crippen LogP contribution < -0.4 is 0 Å². The second-order valence-corrected chi connectivity index (χ2v) is 6.00. The molecule has 20 heavy (non-hydrogen) atoms. The number of urea groups is 1. The lowest BCUT2D eigenvalue weighted by molar-refractivity contribution is -0.141. The SMILES string of the molecule is CC1SCC(C(=O)O)N1C(=O)N(C)Cc1ccccn1. The molecular weight excluding hydrogens is 278 g/mol. The normalized spacial score (nSPS) is 21.8. The van der Waals surface area contributed by atoms with Gasteiger partial charge in [0, 0.05) is 19.0 Å². The van der Waals surface area contributed by atoms with Crippen LogP contribution >= 0.6 is 11.8 Å². The molecule has 2 atom stereocenters. The summed E-state index contributed by atoms with van der Waals surface area (Å²) < 4.78 is 0. The summed E-state index contributed by atoms with van der Waals surface area (Å²) in [6.07, 6.45) is 1.67. The average Bonchev–Trinajstić information content (AvgIpc) is 2.81. The van der Waals surface area contributed by atoms with Crippen LogP contribution in [0.5, 0.6) is 0 Å². The zero-order valence-electron chi connectivity index (χ0n) is 11.4. The van der Waals surface area contributed by atoms with Gasteiger partial charge in [-0.3, -0.25) is 9.88 Å². The van der Waals surface area contributed by atoms with Crippen molar-refractivity contribution in [3.63, 3.8) is 0 Å². The fourth-order valence-corrected chi connectivity index (χ4v) is 3.28. The number of rotatable bonds is 3. The van der Waals surface area contributed by atoms with E-state index in [0.717, 1.165) is 5.69 Å². The van der Waals surface area contributed by atoms with E-state index in [1.54, 1.807) is 13.2 Å². The molecule has 2 amide bonds. The number of aromatic nitrogens is 1. The Morgan fingerprint density at radius 1 is 1.55 bits per heavy atom. The van der Waals surface area contributed by atoms with Crippen molar-refractivity contribution in [1.82, 2.24) is 14.8 Å². The number of carboxylic acid groups (broad SMARTS) is 1. The molecule has 108 valence electrons. The first-order valence-electron chi connectivity index (χ1n) is 6.28. The Labute approximate surface area is 121 Å². The first-order valence-corrected chi connectivity index (χ1v) is 7.33. The Morgan fingerprint density at radius 3 is 2.90 bits per heavy atom. The lowest BCUT2D eigenvalue weighted by Crippen LogP contribution is -2.49. The molecule has 7 heteroatoms. The van der Waals surface area contributed by atoms with E-state index in [1.807, 2.05) is 25.1 Å². The number of nitrogens with zero attached hydrogens (tertiary/aromatic N) is 3. The topological polar surface area (TPSA) is 73.7 Å². The fraction of sp³-hybridized carbons (Fsp3) is 0.462. The quantitative estimate of drug-likeness (QED) is 0.914. The second-order valence-electron chi connectivity index (χ2n) is 4.65. The smallest absolute Gasteiger partial charge is 0.327 e. The Bertz CT molecular complexity index is 497. The minimum atomic E-state index is -0.957. The molecule has 0 spiro atoms. The first kappa shape index (κ1) is 14.6. The van der Waals surface area contributed by atoms with Gasteiger partial charge in [-0.15, -0.1) is 11.8 Å². The lowest BCUT2D eigenvalue weighted by Gasteiger charge is -2.29. The van der Waals surface area contributed by atoms with Gasteiger partial charge in [-0.25, -0.2) is 9.59 Å². The predicted molar refractivity (Wildman–Crippen MR) is 76.3 cm³/mol. The van der Waals surface area contributed by atoms with E-state index >= 15 is 0 Å². The lowest BCUT2D eigenvalue weighted by atomic mass is 10.3. The standard InChI is InChI=1S/C13H17N3O3S/c1-9-16(11(8-20-9)12(17)18)13(19)15(2)7-10-5-3-4-6-14-10/h3-6,9,11H,7-8H2,1-2H3,(H,17,18). The Balaban J connectivity index is 2.07. The van der Waals surface area contributed by atoms with Gasteiger partial charge in [-0.05, 0) is 19.1 Å². The Morgan fingerprint density at radius 2 is 2.30 bits per heavy atom. The van der Waals surface area contributed by atoms with E-state index in [2.05, 4.69) is 4.98 Å². The summed E-state index contributed by atoms with van der Waals surface area (Å²) >= 11 is 1.48. The molecule has 0 saturated carbocycles. The highest BCUT2D eigenvalue weighted by Gasteiger charge is 2.40. The molecule has 2 heterocycles. The summed E-state index contributed by atoms with van der Waals surface area (Å²) in [6, 6.07) is 4.47. The summed E-state index contributed by atoms with van der Waals surface area (Å²) in [7, 11) is 1.66. The monoisotopic (exact) mass is 295 g/mol. The van der Waals surface area contributed by atoms with Gasteiger partial charge >= 0.3 is 12.0 Å². The minimum absolute atomic E-state index is 0.130. The van der Waals surface area contributed by atoms with E-state index in [0.29, 0.717) is 12.3 Å². The van der Waals surface area contributed by atoms with Crippen LogP contribution in [0.3, 0.4) is 0 Å². The van der Waals surface area contributed by atoms with Gasteiger partial charge in [0.25, 0.3) is 0 Å². The van der Waals surface area contributed by atoms with Gasteiger partial charge in [-0.2, -0.15) is 0 Å². The third-order valence-electron chi connectivity index (χ3n) is 3.18.